The quantitative estimate of drug-likeness (QED) is 0.224. The summed E-state index contributed by atoms with van der Waals surface area (Å²) in [4.78, 5) is 12.4. The predicted octanol–water partition coefficient (Wildman–Crippen LogP) is 4.49. The van der Waals surface area contributed by atoms with E-state index in [1.165, 1.54) is 28.6 Å². The minimum atomic E-state index is -4.02. The first-order chi connectivity index (χ1) is 19.6. The van der Waals surface area contributed by atoms with Gasteiger partial charge in [-0.05, 0) is 47.5 Å². The molecule has 10 nitrogen and oxygen atoms in total. The smallest absolute Gasteiger partial charge is 0.269 e. The van der Waals surface area contributed by atoms with Gasteiger partial charge in [-0.1, -0.05) is 60.7 Å². The minimum absolute atomic E-state index is 0.00492. The summed E-state index contributed by atoms with van der Waals surface area (Å²) >= 11 is 0. The van der Waals surface area contributed by atoms with E-state index >= 15 is 0 Å². The highest BCUT2D eigenvalue weighted by Gasteiger charge is 2.32. The molecular formula is C29H28N4O6S2. The maximum absolute atomic E-state index is 13.4. The monoisotopic (exact) mass is 592 g/mol. The highest BCUT2D eigenvalue weighted by atomic mass is 32.2. The van der Waals surface area contributed by atoms with E-state index in [2.05, 4.69) is 33.9 Å². The standard InChI is InChI=1S/C29H28N4O6S2/c34-33(35)26-13-17-27(18-14-26)40(36,37)30-25-11-15-28(16-12-25)41(38,39)32-21-19-31(20-22-32)29(23-7-3-1-4-8-23)24-9-5-2-6-10-24/h1-18,29-30H,19-22H2. The fourth-order valence-corrected chi connectivity index (χ4v) is 7.37. The highest BCUT2D eigenvalue weighted by Crippen LogP contribution is 2.31. The molecule has 5 rings (SSSR count). The fourth-order valence-electron chi connectivity index (χ4n) is 4.89. The van der Waals surface area contributed by atoms with Gasteiger partial charge in [-0.3, -0.25) is 19.7 Å². The number of nitro benzene ring substituents is 1. The molecule has 0 unspecified atom stereocenters. The average Bonchev–Trinajstić information content (AvgIpc) is 2.99. The maximum atomic E-state index is 13.4. The third-order valence-electron chi connectivity index (χ3n) is 6.97. The molecule has 1 aliphatic rings. The number of benzene rings is 4. The molecule has 1 fully saturated rings. The zero-order valence-electron chi connectivity index (χ0n) is 21.9. The second-order valence-electron chi connectivity index (χ2n) is 9.54. The van der Waals surface area contributed by atoms with E-state index in [0.717, 1.165) is 35.4 Å². The van der Waals surface area contributed by atoms with E-state index in [9.17, 15) is 26.9 Å². The molecule has 1 heterocycles. The Kier molecular flexibility index (Phi) is 8.18. The van der Waals surface area contributed by atoms with Crippen molar-refractivity contribution in [3.05, 3.63) is 130 Å². The summed E-state index contributed by atoms with van der Waals surface area (Å²) in [6.45, 7) is 1.71. The van der Waals surface area contributed by atoms with Crippen LogP contribution in [0.15, 0.2) is 119 Å². The Morgan fingerprint density at radius 3 is 1.63 bits per heavy atom. The van der Waals surface area contributed by atoms with Crippen molar-refractivity contribution in [3.63, 3.8) is 0 Å². The first-order valence-corrected chi connectivity index (χ1v) is 15.8. The fraction of sp³-hybridized carbons (Fsp3) is 0.172. The molecule has 0 aliphatic carbocycles. The van der Waals surface area contributed by atoms with Gasteiger partial charge in [0.2, 0.25) is 10.0 Å². The summed E-state index contributed by atoms with van der Waals surface area (Å²) in [5.74, 6) is 0. The number of rotatable bonds is 9. The third-order valence-corrected chi connectivity index (χ3v) is 10.3. The SMILES string of the molecule is O=[N+]([O-])c1ccc(S(=O)(=O)Nc2ccc(S(=O)(=O)N3CCN(C(c4ccccc4)c4ccccc4)CC3)cc2)cc1. The van der Waals surface area contributed by atoms with Gasteiger partial charge in [-0.2, -0.15) is 4.31 Å². The van der Waals surface area contributed by atoms with E-state index in [4.69, 9.17) is 0 Å². The highest BCUT2D eigenvalue weighted by molar-refractivity contribution is 7.92. The molecule has 41 heavy (non-hydrogen) atoms. The molecule has 1 N–H and O–H groups in total. The molecule has 0 spiro atoms. The normalized spacial score (nSPS) is 15.0. The van der Waals surface area contributed by atoms with Crippen molar-refractivity contribution in [2.75, 3.05) is 30.9 Å². The molecule has 0 aromatic heterocycles. The van der Waals surface area contributed by atoms with Crippen LogP contribution >= 0.6 is 0 Å². The summed E-state index contributed by atoms with van der Waals surface area (Å²) in [6, 6.07) is 30.3. The van der Waals surface area contributed by atoms with E-state index in [0.29, 0.717) is 26.2 Å². The summed E-state index contributed by atoms with van der Waals surface area (Å²) in [7, 11) is -7.82. The molecule has 1 saturated heterocycles. The van der Waals surface area contributed by atoms with Gasteiger partial charge in [0, 0.05) is 44.0 Å². The van der Waals surface area contributed by atoms with Crippen LogP contribution in [0.1, 0.15) is 17.2 Å². The van der Waals surface area contributed by atoms with Gasteiger partial charge in [0.15, 0.2) is 0 Å². The van der Waals surface area contributed by atoms with Gasteiger partial charge >= 0.3 is 0 Å². The van der Waals surface area contributed by atoms with Crippen molar-refractivity contribution < 1.29 is 21.8 Å². The Bertz CT molecular complexity index is 1670. The van der Waals surface area contributed by atoms with Gasteiger partial charge in [0.05, 0.1) is 20.8 Å². The van der Waals surface area contributed by atoms with Crippen LogP contribution in [-0.4, -0.2) is 57.1 Å². The van der Waals surface area contributed by atoms with Crippen molar-refractivity contribution in [2.45, 2.75) is 15.8 Å². The van der Waals surface area contributed by atoms with E-state index < -0.39 is 25.0 Å². The molecule has 4 aromatic rings. The van der Waals surface area contributed by atoms with Gasteiger partial charge in [-0.15, -0.1) is 0 Å². The number of hydrogen-bond donors (Lipinski definition) is 1. The molecule has 212 valence electrons. The van der Waals surface area contributed by atoms with Crippen LogP contribution in [0.5, 0.6) is 0 Å². The third kappa shape index (κ3) is 6.30. The zero-order chi connectivity index (χ0) is 29.0. The number of nitrogens with zero attached hydrogens (tertiary/aromatic N) is 3. The Balaban J connectivity index is 1.27. The first-order valence-electron chi connectivity index (χ1n) is 12.9. The van der Waals surface area contributed by atoms with Crippen LogP contribution in [0.2, 0.25) is 0 Å². The lowest BCUT2D eigenvalue weighted by molar-refractivity contribution is -0.384. The second kappa shape index (κ2) is 11.8. The molecular weight excluding hydrogens is 564 g/mol. The van der Waals surface area contributed by atoms with Crippen molar-refractivity contribution in [2.24, 2.45) is 0 Å². The Morgan fingerprint density at radius 1 is 0.659 bits per heavy atom. The van der Waals surface area contributed by atoms with Gasteiger partial charge in [-0.25, -0.2) is 16.8 Å². The van der Waals surface area contributed by atoms with Crippen LogP contribution in [0.3, 0.4) is 0 Å². The number of sulfonamides is 2. The molecule has 0 atom stereocenters. The van der Waals surface area contributed by atoms with Crippen molar-refractivity contribution in [1.29, 1.82) is 0 Å². The second-order valence-corrected chi connectivity index (χ2v) is 13.2. The Morgan fingerprint density at radius 2 is 1.15 bits per heavy atom. The number of nitrogens with one attached hydrogen (secondary N) is 1. The van der Waals surface area contributed by atoms with E-state index in [-0.39, 0.29) is 27.2 Å². The minimum Gasteiger partial charge on any atom is -0.290 e. The van der Waals surface area contributed by atoms with Gasteiger partial charge in [0.1, 0.15) is 0 Å². The average molecular weight is 593 g/mol. The number of nitro groups is 1. The van der Waals surface area contributed by atoms with Gasteiger partial charge in [0.25, 0.3) is 15.7 Å². The van der Waals surface area contributed by atoms with Crippen LogP contribution in [0.25, 0.3) is 0 Å². The largest absolute Gasteiger partial charge is 0.290 e. The Hall–Kier alpha value is -4.10. The molecule has 1 aliphatic heterocycles. The topological polar surface area (TPSA) is 130 Å². The summed E-state index contributed by atoms with van der Waals surface area (Å²) < 4.78 is 56.1. The van der Waals surface area contributed by atoms with Crippen LogP contribution < -0.4 is 4.72 Å². The number of hydrogen-bond acceptors (Lipinski definition) is 7. The maximum Gasteiger partial charge on any atom is 0.269 e. The van der Waals surface area contributed by atoms with Crippen LogP contribution in [0.4, 0.5) is 11.4 Å². The lowest BCUT2D eigenvalue weighted by Gasteiger charge is -2.39. The lowest BCUT2D eigenvalue weighted by atomic mass is 9.96. The van der Waals surface area contributed by atoms with Crippen LogP contribution in [-0.2, 0) is 20.0 Å². The van der Waals surface area contributed by atoms with Crippen molar-refractivity contribution in [3.8, 4) is 0 Å². The van der Waals surface area contributed by atoms with Crippen molar-refractivity contribution in [1.82, 2.24) is 9.21 Å². The number of non-ortho nitro benzene ring substituents is 1. The molecule has 0 saturated carbocycles. The van der Waals surface area contributed by atoms with Gasteiger partial charge < -0.3 is 0 Å². The number of piperazine rings is 1. The zero-order valence-corrected chi connectivity index (χ0v) is 23.5. The Labute approximate surface area is 239 Å². The van der Waals surface area contributed by atoms with E-state index in [1.807, 2.05) is 36.4 Å². The summed E-state index contributed by atoms with van der Waals surface area (Å²) in [5.41, 5.74) is 2.22. The van der Waals surface area contributed by atoms with E-state index in [1.54, 1.807) is 0 Å². The van der Waals surface area contributed by atoms with Crippen LogP contribution in [0, 0.1) is 10.1 Å². The lowest BCUT2D eigenvalue weighted by Crippen LogP contribution is -2.49. The van der Waals surface area contributed by atoms with Crippen molar-refractivity contribution >= 4 is 31.4 Å². The molecule has 0 radical (unpaired) electrons. The number of anilines is 1. The predicted molar refractivity (Wildman–Crippen MR) is 155 cm³/mol. The molecule has 4 aromatic carbocycles. The summed E-state index contributed by atoms with van der Waals surface area (Å²) in [5, 5.41) is 10.8. The summed E-state index contributed by atoms with van der Waals surface area (Å²) in [6.07, 6.45) is 0. The molecule has 12 heteroatoms. The molecule has 0 bridgehead atoms. The molecule has 0 amide bonds. The first kappa shape index (κ1) is 28.4.